The van der Waals surface area contributed by atoms with Crippen molar-refractivity contribution in [3.05, 3.63) is 41.6 Å². The fourth-order valence-corrected chi connectivity index (χ4v) is 4.92. The molecule has 31 heavy (non-hydrogen) atoms. The van der Waals surface area contributed by atoms with Crippen molar-refractivity contribution in [1.29, 1.82) is 0 Å². The minimum atomic E-state index is 0.135. The third kappa shape index (κ3) is 4.91. The molecule has 0 radical (unpaired) electrons. The summed E-state index contributed by atoms with van der Waals surface area (Å²) in [6.07, 6.45) is 4.33. The van der Waals surface area contributed by atoms with E-state index in [-0.39, 0.29) is 17.4 Å². The first-order valence-corrected chi connectivity index (χ1v) is 10.9. The number of carbonyl (C=O) groups excluding carboxylic acids is 1. The van der Waals surface area contributed by atoms with Crippen molar-refractivity contribution in [3.8, 4) is 5.75 Å². The first-order chi connectivity index (χ1) is 15.0. The molecule has 4 rings (SSSR count). The Morgan fingerprint density at radius 1 is 1.19 bits per heavy atom. The van der Waals surface area contributed by atoms with Gasteiger partial charge in [-0.1, -0.05) is 12.1 Å². The van der Waals surface area contributed by atoms with Crippen LogP contribution in [0.15, 0.2) is 28.7 Å². The molecule has 8 nitrogen and oxygen atoms in total. The Morgan fingerprint density at radius 3 is 2.61 bits per heavy atom. The maximum Gasteiger partial charge on any atom is 0.242 e. The van der Waals surface area contributed by atoms with E-state index in [2.05, 4.69) is 22.1 Å². The zero-order chi connectivity index (χ0) is 21.8. The van der Waals surface area contributed by atoms with E-state index in [1.165, 1.54) is 0 Å². The van der Waals surface area contributed by atoms with E-state index in [1.54, 1.807) is 14.2 Å². The first kappa shape index (κ1) is 21.8. The molecule has 1 atom stereocenters. The number of hydrogen-bond donors (Lipinski definition) is 0. The van der Waals surface area contributed by atoms with Gasteiger partial charge in [-0.25, -0.2) is 0 Å². The Bertz CT molecular complexity index is 874. The SMILES string of the molecule is COCc1nnc(C2CC3(CCN(C(=O)CCc4ccc(OC)cc4)CC3)CN2C)o1. The van der Waals surface area contributed by atoms with Gasteiger partial charge in [0.1, 0.15) is 12.4 Å². The van der Waals surface area contributed by atoms with Crippen LogP contribution in [-0.2, 0) is 22.6 Å². The lowest BCUT2D eigenvalue weighted by molar-refractivity contribution is -0.133. The lowest BCUT2D eigenvalue weighted by Gasteiger charge is -2.39. The maximum atomic E-state index is 12.8. The van der Waals surface area contributed by atoms with Crippen LogP contribution in [0.2, 0.25) is 0 Å². The average Bonchev–Trinajstić information content (AvgIpc) is 3.37. The van der Waals surface area contributed by atoms with Crippen molar-refractivity contribution in [3.63, 3.8) is 0 Å². The van der Waals surface area contributed by atoms with Crippen LogP contribution in [0.3, 0.4) is 0 Å². The van der Waals surface area contributed by atoms with E-state index in [1.807, 2.05) is 29.2 Å². The van der Waals surface area contributed by atoms with Gasteiger partial charge < -0.3 is 18.8 Å². The van der Waals surface area contributed by atoms with E-state index in [9.17, 15) is 4.79 Å². The van der Waals surface area contributed by atoms with Gasteiger partial charge >= 0.3 is 0 Å². The summed E-state index contributed by atoms with van der Waals surface area (Å²) < 4.78 is 16.1. The molecule has 1 unspecified atom stereocenters. The van der Waals surface area contributed by atoms with Gasteiger partial charge in [0, 0.05) is 33.2 Å². The summed E-state index contributed by atoms with van der Waals surface area (Å²) in [5.74, 6) is 2.27. The Balaban J connectivity index is 1.28. The molecule has 1 aromatic heterocycles. The highest BCUT2D eigenvalue weighted by Crippen LogP contribution is 2.48. The summed E-state index contributed by atoms with van der Waals surface area (Å²) >= 11 is 0. The molecule has 8 heteroatoms. The number of benzene rings is 1. The highest BCUT2D eigenvalue weighted by atomic mass is 16.5. The lowest BCUT2D eigenvalue weighted by Crippen LogP contribution is -2.44. The van der Waals surface area contributed by atoms with Crippen molar-refractivity contribution in [2.75, 3.05) is 40.9 Å². The van der Waals surface area contributed by atoms with Gasteiger partial charge in [-0.2, -0.15) is 0 Å². The third-order valence-electron chi connectivity index (χ3n) is 6.74. The zero-order valence-corrected chi connectivity index (χ0v) is 18.7. The van der Waals surface area contributed by atoms with E-state index >= 15 is 0 Å². The topological polar surface area (TPSA) is 80.9 Å². The molecule has 1 amide bonds. The summed E-state index contributed by atoms with van der Waals surface area (Å²) in [4.78, 5) is 17.1. The van der Waals surface area contributed by atoms with E-state index in [0.717, 1.165) is 56.6 Å². The standard InChI is InChI=1S/C23H32N4O4/c1-26-16-23(14-19(26)22-25-24-20(31-22)15-29-2)10-12-27(13-11-23)21(28)9-6-17-4-7-18(30-3)8-5-17/h4-5,7-8,19H,6,9-16H2,1-3H3. The van der Waals surface area contributed by atoms with E-state index < -0.39 is 0 Å². The number of aromatic nitrogens is 2. The molecule has 3 heterocycles. The molecule has 2 saturated heterocycles. The Hall–Kier alpha value is -2.45. The fraction of sp³-hybridized carbons (Fsp3) is 0.609. The van der Waals surface area contributed by atoms with Crippen LogP contribution in [0.25, 0.3) is 0 Å². The molecule has 1 spiro atoms. The molecular formula is C23H32N4O4. The highest BCUT2D eigenvalue weighted by molar-refractivity contribution is 5.76. The lowest BCUT2D eigenvalue weighted by atomic mass is 9.76. The minimum Gasteiger partial charge on any atom is -0.497 e. The van der Waals surface area contributed by atoms with Gasteiger partial charge in [-0.3, -0.25) is 9.69 Å². The van der Waals surface area contributed by atoms with Gasteiger partial charge in [-0.15, -0.1) is 10.2 Å². The molecule has 168 valence electrons. The number of likely N-dealkylation sites (tertiary alicyclic amines) is 2. The minimum absolute atomic E-state index is 0.135. The molecule has 0 aliphatic carbocycles. The van der Waals surface area contributed by atoms with Gasteiger partial charge in [0.05, 0.1) is 13.2 Å². The molecule has 1 aromatic carbocycles. The van der Waals surface area contributed by atoms with E-state index in [4.69, 9.17) is 13.9 Å². The van der Waals surface area contributed by atoms with Crippen LogP contribution < -0.4 is 4.74 Å². The van der Waals surface area contributed by atoms with Crippen molar-refractivity contribution in [2.45, 2.75) is 44.8 Å². The van der Waals surface area contributed by atoms with Gasteiger partial charge in [0.15, 0.2) is 0 Å². The van der Waals surface area contributed by atoms with Gasteiger partial charge in [0.2, 0.25) is 17.7 Å². The number of rotatable bonds is 7. The van der Waals surface area contributed by atoms with Crippen LogP contribution in [0.1, 0.15) is 49.1 Å². The Labute approximate surface area is 183 Å². The summed E-state index contributed by atoms with van der Waals surface area (Å²) in [6, 6.07) is 8.08. The molecular weight excluding hydrogens is 396 g/mol. The number of methoxy groups -OCH3 is 2. The molecule has 2 aromatic rings. The fourth-order valence-electron chi connectivity index (χ4n) is 4.92. The largest absolute Gasteiger partial charge is 0.497 e. The van der Waals surface area contributed by atoms with Crippen molar-refractivity contribution >= 4 is 5.91 Å². The summed E-state index contributed by atoms with van der Waals surface area (Å²) in [5, 5.41) is 8.32. The second-order valence-electron chi connectivity index (χ2n) is 8.83. The number of amides is 1. The highest BCUT2D eigenvalue weighted by Gasteiger charge is 2.46. The maximum absolute atomic E-state index is 12.8. The van der Waals surface area contributed by atoms with Crippen molar-refractivity contribution < 1.29 is 18.7 Å². The van der Waals surface area contributed by atoms with Crippen LogP contribution in [0.4, 0.5) is 0 Å². The first-order valence-electron chi connectivity index (χ1n) is 10.9. The van der Waals surface area contributed by atoms with Gasteiger partial charge in [0.25, 0.3) is 0 Å². The summed E-state index contributed by atoms with van der Waals surface area (Å²) in [5.41, 5.74) is 1.37. The van der Waals surface area contributed by atoms with Crippen LogP contribution >= 0.6 is 0 Å². The summed E-state index contributed by atoms with van der Waals surface area (Å²) in [7, 11) is 5.39. The van der Waals surface area contributed by atoms with Crippen molar-refractivity contribution in [1.82, 2.24) is 20.0 Å². The quantitative estimate of drug-likeness (QED) is 0.671. The second kappa shape index (κ2) is 9.36. The summed E-state index contributed by atoms with van der Waals surface area (Å²) in [6.45, 7) is 2.97. The molecule has 2 aliphatic rings. The van der Waals surface area contributed by atoms with Crippen LogP contribution in [-0.4, -0.2) is 66.8 Å². The zero-order valence-electron chi connectivity index (χ0n) is 18.7. The Morgan fingerprint density at radius 2 is 1.94 bits per heavy atom. The molecule has 0 saturated carbocycles. The smallest absolute Gasteiger partial charge is 0.242 e. The van der Waals surface area contributed by atoms with Gasteiger partial charge in [-0.05, 0) is 55.8 Å². The predicted molar refractivity (Wildman–Crippen MR) is 115 cm³/mol. The predicted octanol–water partition coefficient (Wildman–Crippen LogP) is 2.84. The number of piperidine rings is 1. The average molecular weight is 429 g/mol. The number of hydrogen-bond acceptors (Lipinski definition) is 7. The number of carbonyl (C=O) groups is 1. The molecule has 0 N–H and O–H groups in total. The van der Waals surface area contributed by atoms with Crippen LogP contribution in [0, 0.1) is 5.41 Å². The normalized spacial score (nSPS) is 21.0. The van der Waals surface area contributed by atoms with Crippen LogP contribution in [0.5, 0.6) is 5.75 Å². The number of aryl methyl sites for hydroxylation is 1. The molecule has 2 aliphatic heterocycles. The number of ether oxygens (including phenoxy) is 2. The number of nitrogens with zero attached hydrogens (tertiary/aromatic N) is 4. The monoisotopic (exact) mass is 428 g/mol. The second-order valence-corrected chi connectivity index (χ2v) is 8.83. The molecule has 0 bridgehead atoms. The van der Waals surface area contributed by atoms with E-state index in [0.29, 0.717) is 24.8 Å². The molecule has 2 fully saturated rings. The van der Waals surface area contributed by atoms with Crippen molar-refractivity contribution in [2.24, 2.45) is 5.41 Å². The third-order valence-corrected chi connectivity index (χ3v) is 6.74. The Kier molecular flexibility index (Phi) is 6.57.